The van der Waals surface area contributed by atoms with Crippen LogP contribution >= 0.6 is 11.3 Å². The molecular formula is C23H22F4N4O3S2. The molecule has 0 amide bonds. The first-order chi connectivity index (χ1) is 17.1. The van der Waals surface area contributed by atoms with Crippen molar-refractivity contribution in [1.29, 1.82) is 0 Å². The number of aromatic nitrogens is 2. The molecule has 1 fully saturated rings. The zero-order valence-electron chi connectivity index (χ0n) is 18.8. The van der Waals surface area contributed by atoms with Crippen molar-refractivity contribution >= 4 is 26.5 Å². The number of ether oxygens (including phenoxy) is 1. The Hall–Kier alpha value is -2.77. The van der Waals surface area contributed by atoms with Crippen molar-refractivity contribution in [3.8, 4) is 5.75 Å². The summed E-state index contributed by atoms with van der Waals surface area (Å²) in [6.07, 6.45) is 0.396. The highest BCUT2D eigenvalue weighted by atomic mass is 32.2. The van der Waals surface area contributed by atoms with Gasteiger partial charge < -0.3 is 4.74 Å². The lowest BCUT2D eigenvalue weighted by Crippen LogP contribution is -2.44. The molecule has 13 heteroatoms. The van der Waals surface area contributed by atoms with E-state index < -0.39 is 44.9 Å². The summed E-state index contributed by atoms with van der Waals surface area (Å²) in [6.45, 7) is 0.350. The van der Waals surface area contributed by atoms with Crippen LogP contribution in [0.25, 0.3) is 0 Å². The molecule has 7 nitrogen and oxygen atoms in total. The molecule has 0 aliphatic carbocycles. The van der Waals surface area contributed by atoms with Crippen LogP contribution in [-0.4, -0.2) is 42.6 Å². The van der Waals surface area contributed by atoms with Gasteiger partial charge in [0.25, 0.3) is 10.0 Å². The smallest absolute Gasteiger partial charge is 0.391 e. The van der Waals surface area contributed by atoms with Crippen LogP contribution in [0.1, 0.15) is 42.5 Å². The number of sulfonamides is 1. The number of fused-ring (bicyclic) bond motifs is 1. The molecule has 0 spiro atoms. The van der Waals surface area contributed by atoms with Crippen LogP contribution in [0.4, 0.5) is 22.7 Å². The normalized spacial score (nSPS) is 23.1. The van der Waals surface area contributed by atoms with Gasteiger partial charge in [0, 0.05) is 54.1 Å². The molecular weight excluding hydrogens is 520 g/mol. The van der Waals surface area contributed by atoms with Gasteiger partial charge in [0.1, 0.15) is 16.5 Å². The minimum Gasteiger partial charge on any atom is -0.493 e. The molecule has 2 aromatic heterocycles. The lowest BCUT2D eigenvalue weighted by Gasteiger charge is -2.46. The quantitative estimate of drug-likeness (QED) is 0.440. The fraction of sp³-hybridized carbons (Fsp3) is 0.391. The second-order valence-electron chi connectivity index (χ2n) is 8.72. The van der Waals surface area contributed by atoms with Gasteiger partial charge >= 0.3 is 6.18 Å². The summed E-state index contributed by atoms with van der Waals surface area (Å²) < 4.78 is 89.6. The Morgan fingerprint density at radius 3 is 2.69 bits per heavy atom. The van der Waals surface area contributed by atoms with Crippen LogP contribution in [0.15, 0.2) is 53.1 Å². The van der Waals surface area contributed by atoms with Crippen molar-refractivity contribution in [1.82, 2.24) is 14.9 Å². The van der Waals surface area contributed by atoms with E-state index in [1.807, 2.05) is 4.90 Å². The predicted molar refractivity (Wildman–Crippen MR) is 125 cm³/mol. The second-order valence-corrected chi connectivity index (χ2v) is 11.3. The van der Waals surface area contributed by atoms with Crippen molar-refractivity contribution in [2.45, 2.75) is 42.4 Å². The number of nitrogens with zero attached hydrogens (tertiary/aromatic N) is 3. The molecule has 5 rings (SSSR count). The Labute approximate surface area is 209 Å². The summed E-state index contributed by atoms with van der Waals surface area (Å²) in [5.74, 6) is -2.24. The van der Waals surface area contributed by atoms with Crippen molar-refractivity contribution in [3.63, 3.8) is 0 Å². The molecule has 1 saturated heterocycles. The Morgan fingerprint density at radius 1 is 1.17 bits per heavy atom. The zero-order chi connectivity index (χ0) is 25.5. The third-order valence-corrected chi connectivity index (χ3v) is 8.76. The number of anilines is 1. The maximum Gasteiger partial charge on any atom is 0.391 e. The number of halogens is 4. The highest BCUT2D eigenvalue weighted by molar-refractivity contribution is 7.93. The number of hydrogen-bond acceptors (Lipinski definition) is 7. The van der Waals surface area contributed by atoms with E-state index in [0.717, 1.165) is 23.5 Å². The number of thiazole rings is 1. The Bertz CT molecular complexity index is 1320. The average molecular weight is 543 g/mol. The number of nitrogens with one attached hydrogen (secondary N) is 1. The summed E-state index contributed by atoms with van der Waals surface area (Å²) in [5, 5.41) is 1.67. The first kappa shape index (κ1) is 24.9. The SMILES string of the molecule is O=S(=O)(Nc1nccs1)c1cc2c(cc1F)[C@H](N1CCC(C(F)(F)F)C[C@H]1c1cccnc1)CCO2. The highest BCUT2D eigenvalue weighted by Crippen LogP contribution is 2.48. The van der Waals surface area contributed by atoms with Crippen LogP contribution in [0, 0.1) is 11.7 Å². The van der Waals surface area contributed by atoms with Gasteiger partial charge in [-0.15, -0.1) is 11.3 Å². The Morgan fingerprint density at radius 2 is 2.00 bits per heavy atom. The van der Waals surface area contributed by atoms with Gasteiger partial charge in [-0.05, 0) is 37.1 Å². The fourth-order valence-corrected chi connectivity index (χ4v) is 6.78. The maximum absolute atomic E-state index is 15.2. The number of pyridine rings is 1. The summed E-state index contributed by atoms with van der Waals surface area (Å²) in [4.78, 5) is 9.29. The number of piperidine rings is 1. The first-order valence-corrected chi connectivity index (χ1v) is 13.6. The van der Waals surface area contributed by atoms with Crippen LogP contribution < -0.4 is 9.46 Å². The van der Waals surface area contributed by atoms with Crippen LogP contribution in [0.3, 0.4) is 0 Å². The van der Waals surface area contributed by atoms with Crippen molar-refractivity contribution < 1.29 is 30.7 Å². The van der Waals surface area contributed by atoms with Gasteiger partial charge in [-0.25, -0.2) is 17.8 Å². The lowest BCUT2D eigenvalue weighted by molar-refractivity contribution is -0.192. The topological polar surface area (TPSA) is 84.4 Å². The van der Waals surface area contributed by atoms with E-state index in [1.54, 1.807) is 29.9 Å². The summed E-state index contributed by atoms with van der Waals surface area (Å²) in [6, 6.07) is 4.62. The van der Waals surface area contributed by atoms with Crippen molar-refractivity contribution in [3.05, 3.63) is 65.2 Å². The molecule has 0 radical (unpaired) electrons. The highest BCUT2D eigenvalue weighted by Gasteiger charge is 2.46. The number of rotatable bonds is 5. The molecule has 0 bridgehead atoms. The zero-order valence-corrected chi connectivity index (χ0v) is 20.4. The molecule has 1 unspecified atom stereocenters. The molecule has 1 aromatic carbocycles. The number of likely N-dealkylation sites (tertiary alicyclic amines) is 1. The molecule has 3 atom stereocenters. The second kappa shape index (κ2) is 9.60. The molecule has 36 heavy (non-hydrogen) atoms. The Balaban J connectivity index is 1.49. The maximum atomic E-state index is 15.2. The third-order valence-electron chi connectivity index (χ3n) is 6.59. The van der Waals surface area contributed by atoms with Crippen LogP contribution in [-0.2, 0) is 10.0 Å². The monoisotopic (exact) mass is 542 g/mol. The minimum absolute atomic E-state index is 0.0837. The standard InChI is InChI=1S/C23H22F4N4O3S2/c24-17-11-16-18(4-8-34-20(16)12-21(17)36(32,33)30-22-29-6-9-35-22)31-7-3-15(23(25,26)27)10-19(31)14-2-1-5-28-13-14/h1-2,5-6,9,11-13,15,18-19H,3-4,7-8,10H2,(H,29,30)/t15?,18-,19+/m1/s1. The lowest BCUT2D eigenvalue weighted by atomic mass is 9.84. The molecule has 2 aliphatic heterocycles. The van der Waals surface area contributed by atoms with E-state index in [9.17, 15) is 21.6 Å². The largest absolute Gasteiger partial charge is 0.493 e. The molecule has 0 saturated carbocycles. The molecule has 2 aliphatic rings. The van der Waals surface area contributed by atoms with E-state index in [-0.39, 0.29) is 36.9 Å². The van der Waals surface area contributed by atoms with Crippen molar-refractivity contribution in [2.24, 2.45) is 5.92 Å². The molecule has 3 aromatic rings. The van der Waals surface area contributed by atoms with E-state index in [1.165, 1.54) is 6.20 Å². The average Bonchev–Trinajstić information content (AvgIpc) is 3.35. The minimum atomic E-state index is -4.32. The number of benzene rings is 1. The van der Waals surface area contributed by atoms with Gasteiger partial charge in [0.15, 0.2) is 5.13 Å². The Kier molecular flexibility index (Phi) is 6.64. The molecule has 1 N–H and O–H groups in total. The van der Waals surface area contributed by atoms with E-state index in [2.05, 4.69) is 14.7 Å². The van der Waals surface area contributed by atoms with Crippen LogP contribution in [0.2, 0.25) is 0 Å². The van der Waals surface area contributed by atoms with Gasteiger partial charge in [0.2, 0.25) is 0 Å². The van der Waals surface area contributed by atoms with Gasteiger partial charge in [0.05, 0.1) is 12.5 Å². The van der Waals surface area contributed by atoms with Gasteiger partial charge in [-0.1, -0.05) is 6.07 Å². The fourth-order valence-electron chi connectivity index (χ4n) is 4.92. The summed E-state index contributed by atoms with van der Waals surface area (Å²) in [7, 11) is -4.27. The van der Waals surface area contributed by atoms with E-state index in [0.29, 0.717) is 17.5 Å². The first-order valence-electron chi connectivity index (χ1n) is 11.2. The summed E-state index contributed by atoms with van der Waals surface area (Å²) in [5.41, 5.74) is 1.05. The van der Waals surface area contributed by atoms with Gasteiger partial charge in [-0.3, -0.25) is 14.6 Å². The number of alkyl halides is 3. The van der Waals surface area contributed by atoms with Crippen molar-refractivity contribution in [2.75, 3.05) is 17.9 Å². The van der Waals surface area contributed by atoms with Gasteiger partial charge in [-0.2, -0.15) is 13.2 Å². The predicted octanol–water partition coefficient (Wildman–Crippen LogP) is 5.32. The third kappa shape index (κ3) is 4.91. The van der Waals surface area contributed by atoms with Crippen LogP contribution in [0.5, 0.6) is 5.75 Å². The van der Waals surface area contributed by atoms with E-state index in [4.69, 9.17) is 4.74 Å². The number of hydrogen-bond donors (Lipinski definition) is 1. The summed E-state index contributed by atoms with van der Waals surface area (Å²) >= 11 is 1.05. The van der Waals surface area contributed by atoms with E-state index >= 15 is 4.39 Å². The molecule has 4 heterocycles. The molecule has 192 valence electrons.